The van der Waals surface area contributed by atoms with Gasteiger partial charge in [-0.15, -0.1) is 0 Å². The van der Waals surface area contributed by atoms with E-state index in [-0.39, 0.29) is 5.82 Å². The average Bonchev–Trinajstić information content (AvgIpc) is 2.72. The van der Waals surface area contributed by atoms with Crippen molar-refractivity contribution in [3.8, 4) is 0 Å². The molecule has 7 heteroatoms. The fourth-order valence-corrected chi connectivity index (χ4v) is 2.55. The van der Waals surface area contributed by atoms with Crippen LogP contribution in [-0.4, -0.2) is 34.1 Å². The van der Waals surface area contributed by atoms with Crippen molar-refractivity contribution >= 4 is 11.6 Å². The standard InChI is InChI=1S/C11H19N5O2/c1-8-3-4-15(6-9(8)5-12)11-10(16(17)18)13-7-14(11)2/h7-9H,3-6,12H2,1-2H3. The molecule has 0 amide bonds. The summed E-state index contributed by atoms with van der Waals surface area (Å²) in [7, 11) is 1.78. The molecular formula is C11H19N5O2. The Morgan fingerprint density at radius 1 is 1.67 bits per heavy atom. The van der Waals surface area contributed by atoms with Gasteiger partial charge < -0.3 is 20.7 Å². The highest BCUT2D eigenvalue weighted by atomic mass is 16.6. The lowest BCUT2D eigenvalue weighted by Crippen LogP contribution is -2.43. The summed E-state index contributed by atoms with van der Waals surface area (Å²) < 4.78 is 1.71. The second-order valence-corrected chi connectivity index (χ2v) is 4.97. The van der Waals surface area contributed by atoms with Crippen LogP contribution < -0.4 is 10.6 Å². The largest absolute Gasteiger partial charge is 0.406 e. The third-order valence-corrected chi connectivity index (χ3v) is 3.78. The van der Waals surface area contributed by atoms with Gasteiger partial charge in [0.1, 0.15) is 0 Å². The van der Waals surface area contributed by atoms with E-state index in [1.807, 2.05) is 4.90 Å². The Morgan fingerprint density at radius 3 is 3.00 bits per heavy atom. The molecule has 100 valence electrons. The summed E-state index contributed by atoms with van der Waals surface area (Å²) in [6.45, 7) is 4.38. The third kappa shape index (κ3) is 2.17. The number of imidazole rings is 1. The van der Waals surface area contributed by atoms with Gasteiger partial charge in [-0.25, -0.2) is 0 Å². The summed E-state index contributed by atoms with van der Waals surface area (Å²) >= 11 is 0. The lowest BCUT2D eigenvalue weighted by Gasteiger charge is -2.37. The molecule has 2 N–H and O–H groups in total. The number of anilines is 1. The minimum atomic E-state index is -0.426. The number of rotatable bonds is 3. The lowest BCUT2D eigenvalue weighted by atomic mass is 9.87. The zero-order valence-corrected chi connectivity index (χ0v) is 10.7. The molecule has 0 aromatic carbocycles. The highest BCUT2D eigenvalue weighted by Gasteiger charge is 2.31. The summed E-state index contributed by atoms with van der Waals surface area (Å²) in [5, 5.41) is 11.0. The first-order chi connectivity index (χ1) is 8.54. The molecule has 1 saturated heterocycles. The van der Waals surface area contributed by atoms with Gasteiger partial charge in [-0.3, -0.25) is 4.57 Å². The Labute approximate surface area is 106 Å². The van der Waals surface area contributed by atoms with Crippen molar-refractivity contribution < 1.29 is 4.92 Å². The van der Waals surface area contributed by atoms with Crippen LogP contribution in [-0.2, 0) is 7.05 Å². The molecule has 0 spiro atoms. The predicted molar refractivity (Wildman–Crippen MR) is 68.4 cm³/mol. The van der Waals surface area contributed by atoms with Crippen molar-refractivity contribution in [1.29, 1.82) is 0 Å². The number of piperidine rings is 1. The van der Waals surface area contributed by atoms with Gasteiger partial charge in [0.25, 0.3) is 0 Å². The highest BCUT2D eigenvalue weighted by molar-refractivity contribution is 5.54. The summed E-state index contributed by atoms with van der Waals surface area (Å²) in [5.74, 6) is 1.47. The number of hydrogen-bond donors (Lipinski definition) is 1. The van der Waals surface area contributed by atoms with Crippen LogP contribution in [0.15, 0.2) is 6.33 Å². The number of aryl methyl sites for hydroxylation is 1. The van der Waals surface area contributed by atoms with Gasteiger partial charge in [-0.2, -0.15) is 0 Å². The summed E-state index contributed by atoms with van der Waals surface area (Å²) in [5.41, 5.74) is 5.76. The molecule has 0 saturated carbocycles. The molecule has 0 aliphatic carbocycles. The molecule has 18 heavy (non-hydrogen) atoms. The first kappa shape index (κ1) is 12.8. The van der Waals surface area contributed by atoms with E-state index in [0.29, 0.717) is 24.2 Å². The molecule has 1 aromatic rings. The molecule has 1 aliphatic heterocycles. The number of nitro groups is 1. The lowest BCUT2D eigenvalue weighted by molar-refractivity contribution is -0.388. The minimum Gasteiger partial charge on any atom is -0.358 e. The van der Waals surface area contributed by atoms with Crippen LogP contribution in [0.25, 0.3) is 0 Å². The molecule has 1 aromatic heterocycles. The minimum absolute atomic E-state index is 0.0668. The zero-order valence-electron chi connectivity index (χ0n) is 10.7. The van der Waals surface area contributed by atoms with E-state index >= 15 is 0 Å². The van der Waals surface area contributed by atoms with Gasteiger partial charge in [-0.1, -0.05) is 6.92 Å². The maximum Gasteiger partial charge on any atom is 0.406 e. The average molecular weight is 253 g/mol. The Balaban J connectivity index is 2.26. The third-order valence-electron chi connectivity index (χ3n) is 3.78. The first-order valence-electron chi connectivity index (χ1n) is 6.15. The van der Waals surface area contributed by atoms with E-state index in [1.165, 1.54) is 6.33 Å². The topological polar surface area (TPSA) is 90.2 Å². The fraction of sp³-hybridized carbons (Fsp3) is 0.727. The second kappa shape index (κ2) is 4.93. The second-order valence-electron chi connectivity index (χ2n) is 4.97. The van der Waals surface area contributed by atoms with Crippen molar-refractivity contribution in [2.24, 2.45) is 24.6 Å². The van der Waals surface area contributed by atoms with E-state index in [9.17, 15) is 10.1 Å². The van der Waals surface area contributed by atoms with Gasteiger partial charge in [0, 0.05) is 20.1 Å². The van der Waals surface area contributed by atoms with Crippen molar-refractivity contribution in [2.45, 2.75) is 13.3 Å². The van der Waals surface area contributed by atoms with Crippen molar-refractivity contribution in [2.75, 3.05) is 24.5 Å². The maximum absolute atomic E-state index is 11.0. The zero-order chi connectivity index (χ0) is 13.3. The van der Waals surface area contributed by atoms with Crippen molar-refractivity contribution in [3.05, 3.63) is 16.4 Å². The van der Waals surface area contributed by atoms with Crippen LogP contribution in [0.5, 0.6) is 0 Å². The van der Waals surface area contributed by atoms with Crippen LogP contribution in [0.4, 0.5) is 11.6 Å². The monoisotopic (exact) mass is 253 g/mol. The van der Waals surface area contributed by atoms with Gasteiger partial charge in [-0.05, 0) is 34.7 Å². The molecule has 0 bridgehead atoms. The number of nitrogens with two attached hydrogens (primary N) is 1. The molecule has 2 unspecified atom stereocenters. The Morgan fingerprint density at radius 2 is 2.39 bits per heavy atom. The molecule has 2 heterocycles. The molecular weight excluding hydrogens is 234 g/mol. The summed E-state index contributed by atoms with van der Waals surface area (Å²) in [6, 6.07) is 0. The molecule has 1 fully saturated rings. The van der Waals surface area contributed by atoms with Crippen LogP contribution >= 0.6 is 0 Å². The normalized spacial score (nSPS) is 24.3. The van der Waals surface area contributed by atoms with E-state index < -0.39 is 4.92 Å². The van der Waals surface area contributed by atoms with Gasteiger partial charge in [0.05, 0.1) is 0 Å². The first-order valence-corrected chi connectivity index (χ1v) is 6.15. The molecule has 2 rings (SSSR count). The molecule has 2 atom stereocenters. The molecule has 1 aliphatic rings. The van der Waals surface area contributed by atoms with E-state index in [1.54, 1.807) is 11.6 Å². The van der Waals surface area contributed by atoms with E-state index in [2.05, 4.69) is 11.9 Å². The van der Waals surface area contributed by atoms with Crippen molar-refractivity contribution in [1.82, 2.24) is 9.55 Å². The molecule has 7 nitrogen and oxygen atoms in total. The summed E-state index contributed by atoms with van der Waals surface area (Å²) in [6.07, 6.45) is 2.49. The van der Waals surface area contributed by atoms with E-state index in [4.69, 9.17) is 5.73 Å². The van der Waals surface area contributed by atoms with Gasteiger partial charge >= 0.3 is 5.82 Å². The predicted octanol–water partition coefficient (Wildman–Crippen LogP) is 0.749. The Hall–Kier alpha value is -1.63. The number of hydrogen-bond acceptors (Lipinski definition) is 5. The Kier molecular flexibility index (Phi) is 3.51. The Bertz CT molecular complexity index is 445. The van der Waals surface area contributed by atoms with Crippen molar-refractivity contribution in [3.63, 3.8) is 0 Å². The smallest absolute Gasteiger partial charge is 0.358 e. The highest BCUT2D eigenvalue weighted by Crippen LogP contribution is 2.31. The van der Waals surface area contributed by atoms with Crippen LogP contribution in [0, 0.1) is 22.0 Å². The van der Waals surface area contributed by atoms with Crippen LogP contribution in [0.2, 0.25) is 0 Å². The van der Waals surface area contributed by atoms with Crippen LogP contribution in [0.3, 0.4) is 0 Å². The van der Waals surface area contributed by atoms with E-state index in [0.717, 1.165) is 19.5 Å². The number of aromatic nitrogens is 2. The van der Waals surface area contributed by atoms with Gasteiger partial charge in [0.15, 0.2) is 0 Å². The number of nitrogens with zero attached hydrogens (tertiary/aromatic N) is 4. The summed E-state index contributed by atoms with van der Waals surface area (Å²) in [4.78, 5) is 16.4. The SMILES string of the molecule is CC1CCN(c2c([N+](=O)[O-])ncn2C)CC1CN. The fourth-order valence-electron chi connectivity index (χ4n) is 2.55. The quantitative estimate of drug-likeness (QED) is 0.634. The molecule has 0 radical (unpaired) electrons. The van der Waals surface area contributed by atoms with Crippen LogP contribution in [0.1, 0.15) is 13.3 Å². The maximum atomic E-state index is 11.0. The van der Waals surface area contributed by atoms with Gasteiger partial charge in [0.2, 0.25) is 12.1 Å².